The van der Waals surface area contributed by atoms with Crippen LogP contribution in [-0.4, -0.2) is 19.2 Å². The van der Waals surface area contributed by atoms with E-state index in [1.54, 1.807) is 26.2 Å². The summed E-state index contributed by atoms with van der Waals surface area (Å²) >= 11 is 0. The molecule has 0 saturated carbocycles. The number of hydrogen-bond donors (Lipinski definition) is 2. The Morgan fingerprint density at radius 1 is 1.28 bits per heavy atom. The molecule has 0 amide bonds. The van der Waals surface area contributed by atoms with E-state index in [1.165, 1.54) is 10.8 Å². The Labute approximate surface area is 102 Å². The summed E-state index contributed by atoms with van der Waals surface area (Å²) in [5.41, 5.74) is 7.83. The number of anilines is 2. The quantitative estimate of drug-likeness (QED) is 0.713. The zero-order valence-corrected chi connectivity index (χ0v) is 9.91. The first-order chi connectivity index (χ1) is 8.47. The van der Waals surface area contributed by atoms with Crippen molar-refractivity contribution in [1.29, 1.82) is 0 Å². The molecule has 2 aromatic heterocycles. The van der Waals surface area contributed by atoms with Gasteiger partial charge in [0.1, 0.15) is 5.82 Å². The second-order valence-corrected chi connectivity index (χ2v) is 3.78. The van der Waals surface area contributed by atoms with Gasteiger partial charge in [0, 0.05) is 25.0 Å². The van der Waals surface area contributed by atoms with E-state index in [0.717, 1.165) is 4.68 Å². The molecule has 0 saturated heterocycles. The highest BCUT2D eigenvalue weighted by Crippen LogP contribution is 2.02. The van der Waals surface area contributed by atoms with Crippen LogP contribution in [0.3, 0.4) is 0 Å². The predicted molar refractivity (Wildman–Crippen MR) is 66.1 cm³/mol. The van der Waals surface area contributed by atoms with Gasteiger partial charge in [-0.05, 0) is 13.0 Å². The molecule has 8 heteroatoms. The van der Waals surface area contributed by atoms with Crippen LogP contribution in [0.4, 0.5) is 11.6 Å². The van der Waals surface area contributed by atoms with Crippen LogP contribution in [0.15, 0.2) is 28.0 Å². The molecule has 0 unspecified atom stereocenters. The molecule has 18 heavy (non-hydrogen) atoms. The number of aryl methyl sites for hydroxylation is 2. The summed E-state index contributed by atoms with van der Waals surface area (Å²) < 4.78 is 2.44. The van der Waals surface area contributed by atoms with E-state index >= 15 is 0 Å². The largest absolute Gasteiger partial charge is 0.383 e. The molecule has 0 aliphatic carbocycles. The zero-order chi connectivity index (χ0) is 13.3. The molecule has 0 fully saturated rings. The lowest BCUT2D eigenvalue weighted by molar-refractivity contribution is 0.787. The minimum absolute atomic E-state index is 0.176. The molecule has 0 radical (unpaired) electrons. The predicted octanol–water partition coefficient (Wildman–Crippen LogP) is -0.897. The fraction of sp³-hybridized carbons (Fsp3) is 0.200. The van der Waals surface area contributed by atoms with E-state index in [0.29, 0.717) is 5.56 Å². The summed E-state index contributed by atoms with van der Waals surface area (Å²) in [5, 5.41) is 0. The van der Waals surface area contributed by atoms with Crippen molar-refractivity contribution in [2.75, 3.05) is 11.2 Å². The Bertz CT molecular complexity index is 702. The van der Waals surface area contributed by atoms with Crippen LogP contribution in [0, 0.1) is 6.92 Å². The van der Waals surface area contributed by atoms with Crippen molar-refractivity contribution in [3.8, 4) is 0 Å². The molecule has 94 valence electrons. The molecule has 3 N–H and O–H groups in total. The van der Waals surface area contributed by atoms with E-state index < -0.39 is 11.4 Å². The first-order valence-electron chi connectivity index (χ1n) is 5.14. The van der Waals surface area contributed by atoms with Crippen LogP contribution >= 0.6 is 0 Å². The third kappa shape index (κ3) is 2.21. The fourth-order valence-corrected chi connectivity index (χ4v) is 1.29. The van der Waals surface area contributed by atoms with Crippen LogP contribution in [0.2, 0.25) is 0 Å². The molecule has 2 heterocycles. The molecular formula is C10H12N6O2. The topological polar surface area (TPSA) is 108 Å². The van der Waals surface area contributed by atoms with E-state index in [-0.39, 0.29) is 11.6 Å². The number of nitrogens with zero attached hydrogens (tertiary/aromatic N) is 4. The standard InChI is InChI=1S/C10H12N6O2/c1-6-5-16(10(18)13-8(6)11)14-7-3-4-15(2)9(17)12-7/h3-5H,1-2H3,(H2,11,13,18)(H,12,14,17). The average molecular weight is 248 g/mol. The number of nitrogens with one attached hydrogen (secondary N) is 1. The molecule has 8 nitrogen and oxygen atoms in total. The van der Waals surface area contributed by atoms with Gasteiger partial charge in [0.15, 0.2) is 5.82 Å². The highest BCUT2D eigenvalue weighted by atomic mass is 16.2. The van der Waals surface area contributed by atoms with Gasteiger partial charge in [-0.2, -0.15) is 9.97 Å². The molecule has 0 spiro atoms. The van der Waals surface area contributed by atoms with Crippen molar-refractivity contribution in [3.63, 3.8) is 0 Å². The normalized spacial score (nSPS) is 10.3. The summed E-state index contributed by atoms with van der Waals surface area (Å²) in [6.45, 7) is 1.72. The van der Waals surface area contributed by atoms with Crippen molar-refractivity contribution >= 4 is 11.6 Å². The SMILES string of the molecule is Cc1cn(Nc2ccn(C)c(=O)n2)c(=O)nc1N. The highest BCUT2D eigenvalue weighted by molar-refractivity contribution is 5.37. The Morgan fingerprint density at radius 3 is 2.67 bits per heavy atom. The lowest BCUT2D eigenvalue weighted by Gasteiger charge is -2.09. The third-order valence-electron chi connectivity index (χ3n) is 2.36. The smallest absolute Gasteiger partial charge is 0.368 e. The minimum Gasteiger partial charge on any atom is -0.383 e. The molecule has 0 bridgehead atoms. The number of hydrogen-bond acceptors (Lipinski definition) is 6. The molecule has 0 aromatic carbocycles. The Balaban J connectivity index is 2.40. The maximum Gasteiger partial charge on any atom is 0.368 e. The molecule has 2 rings (SSSR count). The Morgan fingerprint density at radius 2 is 2.00 bits per heavy atom. The second-order valence-electron chi connectivity index (χ2n) is 3.78. The minimum atomic E-state index is -0.569. The summed E-state index contributed by atoms with van der Waals surface area (Å²) in [6.07, 6.45) is 3.03. The van der Waals surface area contributed by atoms with Gasteiger partial charge in [-0.3, -0.25) is 5.43 Å². The van der Waals surface area contributed by atoms with Gasteiger partial charge in [0.25, 0.3) is 0 Å². The van der Waals surface area contributed by atoms with Crippen LogP contribution < -0.4 is 22.5 Å². The second kappa shape index (κ2) is 4.32. The monoisotopic (exact) mass is 248 g/mol. The van der Waals surface area contributed by atoms with Crippen LogP contribution in [-0.2, 0) is 7.05 Å². The molecule has 0 aliphatic rings. The lowest BCUT2D eigenvalue weighted by Crippen LogP contribution is -2.31. The summed E-state index contributed by atoms with van der Waals surface area (Å²) in [5.74, 6) is 0.432. The fourth-order valence-electron chi connectivity index (χ4n) is 1.29. The van der Waals surface area contributed by atoms with Crippen molar-refractivity contribution in [1.82, 2.24) is 19.2 Å². The van der Waals surface area contributed by atoms with Gasteiger partial charge >= 0.3 is 11.4 Å². The highest BCUT2D eigenvalue weighted by Gasteiger charge is 2.03. The number of aromatic nitrogens is 4. The maximum absolute atomic E-state index is 11.5. The van der Waals surface area contributed by atoms with Crippen molar-refractivity contribution in [3.05, 3.63) is 45.0 Å². The maximum atomic E-state index is 11.5. The van der Waals surface area contributed by atoms with Gasteiger partial charge in [-0.25, -0.2) is 14.3 Å². The van der Waals surface area contributed by atoms with E-state index in [1.807, 2.05) is 0 Å². The van der Waals surface area contributed by atoms with E-state index in [2.05, 4.69) is 15.4 Å². The first kappa shape index (κ1) is 11.8. The van der Waals surface area contributed by atoms with E-state index in [4.69, 9.17) is 5.73 Å². The van der Waals surface area contributed by atoms with Crippen molar-refractivity contribution < 1.29 is 0 Å². The van der Waals surface area contributed by atoms with Gasteiger partial charge in [-0.1, -0.05) is 0 Å². The van der Waals surface area contributed by atoms with Gasteiger partial charge < -0.3 is 10.3 Å². The number of nitrogens with two attached hydrogens (primary N) is 1. The summed E-state index contributed by atoms with van der Waals surface area (Å²) in [7, 11) is 1.58. The van der Waals surface area contributed by atoms with Gasteiger partial charge in [0.2, 0.25) is 0 Å². The van der Waals surface area contributed by atoms with Crippen LogP contribution in [0.1, 0.15) is 5.56 Å². The molecule has 0 atom stereocenters. The molecule has 0 aliphatic heterocycles. The Kier molecular flexibility index (Phi) is 2.84. The molecular weight excluding hydrogens is 236 g/mol. The van der Waals surface area contributed by atoms with Crippen LogP contribution in [0.5, 0.6) is 0 Å². The van der Waals surface area contributed by atoms with Crippen molar-refractivity contribution in [2.45, 2.75) is 6.92 Å². The number of nitrogen functional groups attached to an aromatic ring is 1. The summed E-state index contributed by atoms with van der Waals surface area (Å²) in [4.78, 5) is 30.2. The summed E-state index contributed by atoms with van der Waals surface area (Å²) in [6, 6.07) is 1.57. The van der Waals surface area contributed by atoms with Gasteiger partial charge in [0.05, 0.1) is 0 Å². The van der Waals surface area contributed by atoms with Crippen LogP contribution in [0.25, 0.3) is 0 Å². The molecule has 2 aromatic rings. The average Bonchev–Trinajstić information content (AvgIpc) is 2.31. The van der Waals surface area contributed by atoms with E-state index in [9.17, 15) is 9.59 Å². The number of rotatable bonds is 2. The van der Waals surface area contributed by atoms with Crippen molar-refractivity contribution in [2.24, 2.45) is 7.05 Å². The Hall–Kier alpha value is -2.64. The third-order valence-corrected chi connectivity index (χ3v) is 2.36. The lowest BCUT2D eigenvalue weighted by atomic mass is 10.4. The van der Waals surface area contributed by atoms with Gasteiger partial charge in [-0.15, -0.1) is 0 Å². The first-order valence-corrected chi connectivity index (χ1v) is 5.14. The zero-order valence-electron chi connectivity index (χ0n) is 9.91.